The predicted molar refractivity (Wildman–Crippen MR) is 80.9 cm³/mol. The van der Waals surface area contributed by atoms with Gasteiger partial charge < -0.3 is 15.8 Å². The van der Waals surface area contributed by atoms with Crippen LogP contribution in [-0.2, 0) is 9.53 Å². The maximum absolute atomic E-state index is 12.5. The molecule has 0 saturated heterocycles. The number of hydrogen-bond donors (Lipinski definition) is 2. The Labute approximate surface area is 123 Å². The van der Waals surface area contributed by atoms with Gasteiger partial charge in [0.1, 0.15) is 5.54 Å². The summed E-state index contributed by atoms with van der Waals surface area (Å²) in [4.78, 5) is 17.9. The largest absolute Gasteiger partial charge is 0.378 e. The van der Waals surface area contributed by atoms with Crippen LogP contribution in [0.25, 0.3) is 0 Å². The highest BCUT2D eigenvalue weighted by Crippen LogP contribution is 2.50. The van der Waals surface area contributed by atoms with Crippen molar-refractivity contribution in [2.45, 2.75) is 52.7 Å². The summed E-state index contributed by atoms with van der Waals surface area (Å²) in [6.45, 7) is 10.5. The zero-order valence-electron chi connectivity index (χ0n) is 12.7. The lowest BCUT2D eigenvalue weighted by molar-refractivity contribution is -0.166. The number of aryl methyl sites for hydroxylation is 2. The van der Waals surface area contributed by atoms with Crippen molar-refractivity contribution in [2.24, 2.45) is 11.1 Å². The van der Waals surface area contributed by atoms with Crippen LogP contribution in [0.2, 0.25) is 0 Å². The van der Waals surface area contributed by atoms with Crippen LogP contribution in [0.4, 0.5) is 5.13 Å². The fraction of sp³-hybridized carbons (Fsp3) is 0.714. The van der Waals surface area contributed by atoms with Crippen molar-refractivity contribution in [1.82, 2.24) is 4.98 Å². The fourth-order valence-corrected chi connectivity index (χ4v) is 3.37. The van der Waals surface area contributed by atoms with E-state index in [2.05, 4.69) is 10.3 Å². The van der Waals surface area contributed by atoms with Gasteiger partial charge in [-0.15, -0.1) is 11.3 Å². The Morgan fingerprint density at radius 1 is 1.55 bits per heavy atom. The van der Waals surface area contributed by atoms with Crippen LogP contribution in [0.1, 0.15) is 37.8 Å². The summed E-state index contributed by atoms with van der Waals surface area (Å²) in [6.07, 6.45) is 0.575. The van der Waals surface area contributed by atoms with Crippen molar-refractivity contribution in [3.8, 4) is 0 Å². The molecule has 5 nitrogen and oxygen atoms in total. The summed E-state index contributed by atoms with van der Waals surface area (Å²) in [7, 11) is 0. The molecule has 1 aromatic heterocycles. The molecule has 1 aromatic rings. The molecule has 3 N–H and O–H groups in total. The van der Waals surface area contributed by atoms with Gasteiger partial charge in [0, 0.05) is 23.3 Å². The molecule has 1 fully saturated rings. The van der Waals surface area contributed by atoms with E-state index in [9.17, 15) is 4.79 Å². The Morgan fingerprint density at radius 2 is 2.20 bits per heavy atom. The van der Waals surface area contributed by atoms with E-state index >= 15 is 0 Å². The highest BCUT2D eigenvalue weighted by atomic mass is 32.1. The van der Waals surface area contributed by atoms with Crippen molar-refractivity contribution in [2.75, 3.05) is 11.9 Å². The normalized spacial score (nSPS) is 28.0. The third kappa shape index (κ3) is 2.25. The molecule has 0 bridgehead atoms. The van der Waals surface area contributed by atoms with Crippen LogP contribution in [0, 0.1) is 19.3 Å². The maximum Gasteiger partial charge on any atom is 0.246 e. The topological polar surface area (TPSA) is 77.2 Å². The van der Waals surface area contributed by atoms with Gasteiger partial charge in [-0.2, -0.15) is 0 Å². The first-order chi connectivity index (χ1) is 9.22. The van der Waals surface area contributed by atoms with Gasteiger partial charge in [-0.1, -0.05) is 13.8 Å². The summed E-state index contributed by atoms with van der Waals surface area (Å²) in [6, 6.07) is 0. The molecule has 112 valence electrons. The number of amides is 1. The molecule has 1 saturated carbocycles. The van der Waals surface area contributed by atoms with Crippen LogP contribution in [-0.4, -0.2) is 29.1 Å². The average molecular weight is 297 g/mol. The lowest BCUT2D eigenvalue weighted by atomic mass is 9.54. The van der Waals surface area contributed by atoms with Gasteiger partial charge in [0.15, 0.2) is 5.13 Å². The number of nitrogens with zero attached hydrogens (tertiary/aromatic N) is 1. The number of thiazole rings is 1. The Bertz CT molecular complexity index is 507. The van der Waals surface area contributed by atoms with E-state index in [1.54, 1.807) is 0 Å². The first-order valence-electron chi connectivity index (χ1n) is 6.88. The molecule has 0 aromatic carbocycles. The third-order valence-electron chi connectivity index (χ3n) is 4.48. The van der Waals surface area contributed by atoms with E-state index in [0.717, 1.165) is 10.6 Å². The molecular weight excluding hydrogens is 274 g/mol. The first kappa shape index (κ1) is 15.4. The minimum atomic E-state index is -0.902. The summed E-state index contributed by atoms with van der Waals surface area (Å²) in [5.74, 6) is -0.174. The minimum absolute atomic E-state index is 0.0306. The Kier molecular flexibility index (Phi) is 3.92. The zero-order valence-corrected chi connectivity index (χ0v) is 13.6. The van der Waals surface area contributed by atoms with Crippen molar-refractivity contribution in [3.05, 3.63) is 10.6 Å². The van der Waals surface area contributed by atoms with Crippen LogP contribution >= 0.6 is 11.3 Å². The van der Waals surface area contributed by atoms with E-state index in [1.165, 1.54) is 11.3 Å². The van der Waals surface area contributed by atoms with E-state index in [-0.39, 0.29) is 17.4 Å². The number of rotatable bonds is 4. The molecule has 1 heterocycles. The van der Waals surface area contributed by atoms with Gasteiger partial charge in [-0.25, -0.2) is 4.98 Å². The van der Waals surface area contributed by atoms with Gasteiger partial charge in [0.25, 0.3) is 0 Å². The summed E-state index contributed by atoms with van der Waals surface area (Å²) < 4.78 is 5.64. The van der Waals surface area contributed by atoms with E-state index < -0.39 is 5.54 Å². The molecule has 2 atom stereocenters. The number of hydrogen-bond acceptors (Lipinski definition) is 5. The smallest absolute Gasteiger partial charge is 0.246 e. The van der Waals surface area contributed by atoms with Crippen LogP contribution in [0.5, 0.6) is 0 Å². The second kappa shape index (κ2) is 5.09. The standard InChI is InChI=1S/C14H23N3O2S/c1-6-19-10-7-14(15,13(10,4)5)11(18)17-12-16-8(2)9(3)20-12/h10H,6-7,15H2,1-5H3,(H,16,17,18). The van der Waals surface area contributed by atoms with Gasteiger partial charge in [0.05, 0.1) is 11.8 Å². The first-order valence-corrected chi connectivity index (χ1v) is 7.70. The lowest BCUT2D eigenvalue weighted by Gasteiger charge is -2.57. The fourth-order valence-electron chi connectivity index (χ4n) is 2.56. The molecule has 1 aliphatic carbocycles. The molecule has 6 heteroatoms. The van der Waals surface area contributed by atoms with Crippen LogP contribution in [0.3, 0.4) is 0 Å². The molecule has 20 heavy (non-hydrogen) atoms. The number of carbonyl (C=O) groups is 1. The number of carbonyl (C=O) groups excluding carboxylic acids is 1. The third-order valence-corrected chi connectivity index (χ3v) is 5.47. The number of nitrogens with one attached hydrogen (secondary N) is 1. The second-order valence-electron chi connectivity index (χ2n) is 5.96. The molecule has 1 aliphatic rings. The highest BCUT2D eigenvalue weighted by molar-refractivity contribution is 7.15. The minimum Gasteiger partial charge on any atom is -0.378 e. The Hall–Kier alpha value is -0.980. The summed E-state index contributed by atoms with van der Waals surface area (Å²) in [5.41, 5.74) is 5.98. The lowest BCUT2D eigenvalue weighted by Crippen LogP contribution is -2.74. The number of ether oxygens (including phenoxy) is 1. The summed E-state index contributed by atoms with van der Waals surface area (Å²) >= 11 is 1.47. The zero-order chi connectivity index (χ0) is 15.1. The van der Waals surface area contributed by atoms with Gasteiger partial charge >= 0.3 is 0 Å². The SMILES string of the molecule is CCOC1CC(N)(C(=O)Nc2nc(C)c(C)s2)C1(C)C. The van der Waals surface area contributed by atoms with Crippen LogP contribution < -0.4 is 11.1 Å². The number of aromatic nitrogens is 1. The maximum atomic E-state index is 12.5. The second-order valence-corrected chi connectivity index (χ2v) is 7.16. The van der Waals surface area contributed by atoms with E-state index in [0.29, 0.717) is 18.2 Å². The molecule has 1 amide bonds. The van der Waals surface area contributed by atoms with Crippen LogP contribution in [0.15, 0.2) is 0 Å². The van der Waals surface area contributed by atoms with Crippen molar-refractivity contribution in [3.63, 3.8) is 0 Å². The van der Waals surface area contributed by atoms with Crippen molar-refractivity contribution >= 4 is 22.4 Å². The van der Waals surface area contributed by atoms with Crippen molar-refractivity contribution < 1.29 is 9.53 Å². The molecule has 2 unspecified atom stereocenters. The quantitative estimate of drug-likeness (QED) is 0.893. The number of anilines is 1. The molecule has 2 rings (SSSR count). The van der Waals surface area contributed by atoms with E-state index in [4.69, 9.17) is 10.5 Å². The summed E-state index contributed by atoms with van der Waals surface area (Å²) in [5, 5.41) is 3.47. The average Bonchev–Trinajstić information content (AvgIpc) is 2.67. The Morgan fingerprint density at radius 3 is 2.65 bits per heavy atom. The van der Waals surface area contributed by atoms with Crippen molar-refractivity contribution in [1.29, 1.82) is 0 Å². The molecule has 0 radical (unpaired) electrons. The molecular formula is C14H23N3O2S. The predicted octanol–water partition coefficient (Wildman–Crippen LogP) is 2.23. The highest BCUT2D eigenvalue weighted by Gasteiger charge is 2.62. The van der Waals surface area contributed by atoms with Gasteiger partial charge in [-0.3, -0.25) is 4.79 Å². The van der Waals surface area contributed by atoms with Gasteiger partial charge in [0.2, 0.25) is 5.91 Å². The molecule has 0 spiro atoms. The molecule has 0 aliphatic heterocycles. The van der Waals surface area contributed by atoms with Gasteiger partial charge in [-0.05, 0) is 20.8 Å². The Balaban J connectivity index is 2.10. The van der Waals surface area contributed by atoms with E-state index in [1.807, 2.05) is 34.6 Å². The monoisotopic (exact) mass is 297 g/mol. The number of nitrogens with two attached hydrogens (primary N) is 1.